The molecule has 0 aliphatic heterocycles. The standard InChI is InChI=1S/C24H37N3O2/c1-23-10-8-17(28)12-16(23)6-7-18-19-4-3-5-21(24(19,2)11-9-20(18)23)22(29)13-27-15-25-14-26-27/h14-21,28H,3-13H2,1-2H3/t16-,17+,18-,19-,20-,21+,23-,24-/m0/s1. The van der Waals surface area contributed by atoms with E-state index in [4.69, 9.17) is 0 Å². The molecule has 0 saturated heterocycles. The molecule has 29 heavy (non-hydrogen) atoms. The summed E-state index contributed by atoms with van der Waals surface area (Å²) in [5, 5.41) is 14.4. The zero-order chi connectivity index (χ0) is 20.2. The van der Waals surface area contributed by atoms with Crippen LogP contribution < -0.4 is 0 Å². The number of nitrogens with zero attached hydrogens (tertiary/aromatic N) is 3. The first-order valence-corrected chi connectivity index (χ1v) is 11.9. The van der Waals surface area contributed by atoms with Crippen molar-refractivity contribution in [2.24, 2.45) is 40.4 Å². The second kappa shape index (κ2) is 7.18. The molecule has 4 aliphatic carbocycles. The zero-order valence-corrected chi connectivity index (χ0v) is 18.1. The van der Waals surface area contributed by atoms with Crippen LogP contribution in [0.25, 0.3) is 0 Å². The number of ketones is 1. The lowest BCUT2D eigenvalue weighted by Crippen LogP contribution is -2.57. The molecule has 1 aromatic heterocycles. The van der Waals surface area contributed by atoms with Crippen LogP contribution >= 0.6 is 0 Å². The van der Waals surface area contributed by atoms with Gasteiger partial charge in [-0.2, -0.15) is 5.10 Å². The maximum atomic E-state index is 13.3. The van der Waals surface area contributed by atoms with Crippen LogP contribution in [0.4, 0.5) is 0 Å². The quantitative estimate of drug-likeness (QED) is 0.825. The van der Waals surface area contributed by atoms with Gasteiger partial charge in [0, 0.05) is 5.92 Å². The summed E-state index contributed by atoms with van der Waals surface area (Å²) in [7, 11) is 0. The van der Waals surface area contributed by atoms with E-state index in [2.05, 4.69) is 23.9 Å². The minimum absolute atomic E-state index is 0.0769. The number of carbonyl (C=O) groups excluding carboxylic acids is 1. The number of Topliss-reactive ketones (excluding diaryl/α,β-unsaturated/α-hetero) is 1. The lowest BCUT2D eigenvalue weighted by molar-refractivity contribution is -0.160. The fourth-order valence-corrected chi connectivity index (χ4v) is 8.54. The molecule has 8 atom stereocenters. The third-order valence-corrected chi connectivity index (χ3v) is 10.1. The van der Waals surface area contributed by atoms with E-state index < -0.39 is 0 Å². The minimum Gasteiger partial charge on any atom is -0.393 e. The van der Waals surface area contributed by atoms with Crippen molar-refractivity contribution >= 4 is 5.78 Å². The molecule has 0 spiro atoms. The highest BCUT2D eigenvalue weighted by Gasteiger charge is 2.59. The van der Waals surface area contributed by atoms with Crippen LogP contribution in [-0.4, -0.2) is 31.8 Å². The molecule has 0 bridgehead atoms. The molecule has 0 aromatic carbocycles. The molecule has 0 unspecified atom stereocenters. The lowest BCUT2D eigenvalue weighted by Gasteiger charge is -2.63. The topological polar surface area (TPSA) is 68.0 Å². The number of carbonyl (C=O) groups is 1. The maximum absolute atomic E-state index is 13.3. The van der Waals surface area contributed by atoms with Crippen LogP contribution in [0.2, 0.25) is 0 Å². The van der Waals surface area contributed by atoms with Gasteiger partial charge < -0.3 is 5.11 Å². The Labute approximate surface area is 174 Å². The fraction of sp³-hybridized carbons (Fsp3) is 0.875. The van der Waals surface area contributed by atoms with Gasteiger partial charge >= 0.3 is 0 Å². The van der Waals surface area contributed by atoms with Crippen molar-refractivity contribution in [3.8, 4) is 0 Å². The van der Waals surface area contributed by atoms with Gasteiger partial charge in [-0.3, -0.25) is 4.79 Å². The summed E-state index contributed by atoms with van der Waals surface area (Å²) in [4.78, 5) is 17.3. The van der Waals surface area contributed by atoms with Crippen LogP contribution in [-0.2, 0) is 11.3 Å². The van der Waals surface area contributed by atoms with Crippen molar-refractivity contribution < 1.29 is 9.90 Å². The van der Waals surface area contributed by atoms with Crippen molar-refractivity contribution in [3.63, 3.8) is 0 Å². The van der Waals surface area contributed by atoms with E-state index in [9.17, 15) is 9.90 Å². The smallest absolute Gasteiger partial charge is 0.157 e. The molecule has 4 saturated carbocycles. The number of rotatable bonds is 3. The van der Waals surface area contributed by atoms with E-state index in [1.165, 1.54) is 51.3 Å². The Morgan fingerprint density at radius 1 is 1.07 bits per heavy atom. The van der Waals surface area contributed by atoms with Gasteiger partial charge in [0.1, 0.15) is 19.2 Å². The van der Waals surface area contributed by atoms with E-state index in [0.717, 1.165) is 31.1 Å². The first kappa shape index (κ1) is 19.7. The summed E-state index contributed by atoms with van der Waals surface area (Å²) in [6, 6.07) is 0. The number of aromatic nitrogens is 3. The minimum atomic E-state index is -0.0769. The Morgan fingerprint density at radius 2 is 1.86 bits per heavy atom. The Kier molecular flexibility index (Phi) is 4.88. The number of fused-ring (bicyclic) bond motifs is 5. The van der Waals surface area contributed by atoms with E-state index in [0.29, 0.717) is 29.6 Å². The highest BCUT2D eigenvalue weighted by Crippen LogP contribution is 2.66. The molecule has 1 heterocycles. The number of hydrogen-bond donors (Lipinski definition) is 1. The summed E-state index contributed by atoms with van der Waals surface area (Å²) in [6.07, 6.45) is 14.9. The highest BCUT2D eigenvalue weighted by atomic mass is 16.3. The van der Waals surface area contributed by atoms with Crippen molar-refractivity contribution in [1.29, 1.82) is 0 Å². The molecule has 5 rings (SSSR count). The average molecular weight is 400 g/mol. The first-order chi connectivity index (χ1) is 13.9. The van der Waals surface area contributed by atoms with Gasteiger partial charge in [0.2, 0.25) is 0 Å². The molecule has 4 fully saturated rings. The molecule has 5 heteroatoms. The summed E-state index contributed by atoms with van der Waals surface area (Å²) >= 11 is 0. The monoisotopic (exact) mass is 399 g/mol. The summed E-state index contributed by atoms with van der Waals surface area (Å²) in [5.41, 5.74) is 0.551. The molecule has 1 N–H and O–H groups in total. The largest absolute Gasteiger partial charge is 0.393 e. The van der Waals surface area contributed by atoms with E-state index in [1.807, 2.05) is 0 Å². The second-order valence-corrected chi connectivity index (χ2v) is 11.2. The predicted octanol–water partition coefficient (Wildman–Crippen LogP) is 4.26. The summed E-state index contributed by atoms with van der Waals surface area (Å²) < 4.78 is 1.69. The van der Waals surface area contributed by atoms with Crippen LogP contribution in [0.3, 0.4) is 0 Å². The van der Waals surface area contributed by atoms with Crippen molar-refractivity contribution in [2.75, 3.05) is 0 Å². The Bertz CT molecular complexity index is 749. The molecule has 1 aromatic rings. The molecular formula is C24H37N3O2. The molecule has 5 nitrogen and oxygen atoms in total. The van der Waals surface area contributed by atoms with Crippen LogP contribution in [0.5, 0.6) is 0 Å². The van der Waals surface area contributed by atoms with E-state index >= 15 is 0 Å². The first-order valence-electron chi connectivity index (χ1n) is 11.9. The SMILES string of the molecule is C[C@]12CC[C@@H](O)C[C@@H]1CC[C@@H]1[C@@H]2CC[C@]2(C)[C@@H](C(=O)Cn3cncn3)CCC[C@@H]12. The van der Waals surface area contributed by atoms with Gasteiger partial charge in [0.05, 0.1) is 6.10 Å². The van der Waals surface area contributed by atoms with Crippen molar-refractivity contribution in [3.05, 3.63) is 12.7 Å². The number of aliphatic hydroxyl groups excluding tert-OH is 1. The maximum Gasteiger partial charge on any atom is 0.157 e. The number of aliphatic hydroxyl groups is 1. The van der Waals surface area contributed by atoms with Crippen molar-refractivity contribution in [2.45, 2.75) is 90.7 Å². The normalized spacial score (nSPS) is 47.0. The van der Waals surface area contributed by atoms with Gasteiger partial charge in [0.15, 0.2) is 5.78 Å². The molecule has 4 aliphatic rings. The Hall–Kier alpha value is -1.23. The van der Waals surface area contributed by atoms with Crippen LogP contribution in [0, 0.1) is 40.4 Å². The third kappa shape index (κ3) is 3.10. The van der Waals surface area contributed by atoms with Gasteiger partial charge in [-0.15, -0.1) is 0 Å². The Morgan fingerprint density at radius 3 is 2.66 bits per heavy atom. The number of hydrogen-bond acceptors (Lipinski definition) is 4. The van der Waals surface area contributed by atoms with Gasteiger partial charge in [0.25, 0.3) is 0 Å². The van der Waals surface area contributed by atoms with Crippen LogP contribution in [0.1, 0.15) is 78.1 Å². The lowest BCUT2D eigenvalue weighted by atomic mass is 9.41. The predicted molar refractivity (Wildman–Crippen MR) is 111 cm³/mol. The van der Waals surface area contributed by atoms with E-state index in [-0.39, 0.29) is 17.4 Å². The van der Waals surface area contributed by atoms with E-state index in [1.54, 1.807) is 11.0 Å². The molecule has 160 valence electrons. The van der Waals surface area contributed by atoms with Crippen molar-refractivity contribution in [1.82, 2.24) is 14.8 Å². The van der Waals surface area contributed by atoms with Gasteiger partial charge in [-0.05, 0) is 92.3 Å². The summed E-state index contributed by atoms with van der Waals surface area (Å²) in [5.74, 6) is 3.48. The molecule has 0 radical (unpaired) electrons. The Balaban J connectivity index is 1.38. The average Bonchev–Trinajstić information content (AvgIpc) is 3.20. The molecule has 0 amide bonds. The zero-order valence-electron chi connectivity index (χ0n) is 18.1. The second-order valence-electron chi connectivity index (χ2n) is 11.2. The third-order valence-electron chi connectivity index (χ3n) is 10.1. The van der Waals surface area contributed by atoms with Gasteiger partial charge in [-0.25, -0.2) is 9.67 Å². The van der Waals surface area contributed by atoms with Gasteiger partial charge in [-0.1, -0.05) is 20.3 Å². The summed E-state index contributed by atoms with van der Waals surface area (Å²) in [6.45, 7) is 5.36. The highest BCUT2D eigenvalue weighted by molar-refractivity contribution is 5.81. The molecular weight excluding hydrogens is 362 g/mol. The van der Waals surface area contributed by atoms with Crippen LogP contribution in [0.15, 0.2) is 12.7 Å². The fourth-order valence-electron chi connectivity index (χ4n) is 8.54.